The fourth-order valence-electron chi connectivity index (χ4n) is 4.74. The van der Waals surface area contributed by atoms with Crippen molar-refractivity contribution in [3.05, 3.63) is 70.0 Å². The van der Waals surface area contributed by atoms with Gasteiger partial charge in [0.05, 0.1) is 6.54 Å². The number of benzene rings is 2. The lowest BCUT2D eigenvalue weighted by Crippen LogP contribution is -2.33. The van der Waals surface area contributed by atoms with Crippen LogP contribution in [-0.2, 0) is 11.3 Å². The van der Waals surface area contributed by atoms with Gasteiger partial charge >= 0.3 is 0 Å². The Bertz CT molecular complexity index is 1210. The van der Waals surface area contributed by atoms with Gasteiger partial charge in [0, 0.05) is 22.7 Å². The van der Waals surface area contributed by atoms with E-state index in [4.69, 9.17) is 0 Å². The molecule has 0 bridgehead atoms. The molecular weight excluding hydrogens is 439 g/mol. The van der Waals surface area contributed by atoms with Crippen LogP contribution in [-0.4, -0.2) is 41.3 Å². The highest BCUT2D eigenvalue weighted by molar-refractivity contribution is 7.13. The summed E-state index contributed by atoms with van der Waals surface area (Å²) < 4.78 is 15.0. The van der Waals surface area contributed by atoms with Gasteiger partial charge in [-0.15, -0.1) is 11.3 Å². The number of nitrogens with one attached hydrogen (secondary N) is 2. The lowest BCUT2D eigenvalue weighted by atomic mass is 9.87. The largest absolute Gasteiger partial charge is 0.325 e. The van der Waals surface area contributed by atoms with Crippen LogP contribution in [0.2, 0.25) is 0 Å². The molecule has 0 aliphatic carbocycles. The number of thiazole rings is 1. The number of carbonyl (C=O) groups is 2. The highest BCUT2D eigenvalue weighted by atomic mass is 32.1. The number of anilines is 1. The first-order valence-electron chi connectivity index (χ1n) is 11.1. The van der Waals surface area contributed by atoms with Crippen LogP contribution in [0.25, 0.3) is 11.1 Å². The minimum absolute atomic E-state index is 0.0825. The molecule has 2 N–H and O–H groups in total. The van der Waals surface area contributed by atoms with E-state index in [2.05, 4.69) is 27.8 Å². The average molecular weight is 465 g/mol. The molecule has 0 unspecified atom stereocenters. The van der Waals surface area contributed by atoms with Gasteiger partial charge in [-0.05, 0) is 73.2 Å². The van der Waals surface area contributed by atoms with E-state index in [1.165, 1.54) is 27.9 Å². The van der Waals surface area contributed by atoms with Crippen molar-refractivity contribution >= 4 is 28.3 Å². The molecule has 33 heavy (non-hydrogen) atoms. The number of amides is 2. The van der Waals surface area contributed by atoms with Gasteiger partial charge in [-0.3, -0.25) is 9.59 Å². The van der Waals surface area contributed by atoms with E-state index in [1.54, 1.807) is 17.6 Å². The van der Waals surface area contributed by atoms with Crippen LogP contribution < -0.4 is 10.6 Å². The van der Waals surface area contributed by atoms with Gasteiger partial charge in [0.25, 0.3) is 5.91 Å². The van der Waals surface area contributed by atoms with E-state index in [0.29, 0.717) is 27.7 Å². The van der Waals surface area contributed by atoms with Crippen molar-refractivity contribution in [2.45, 2.75) is 32.2 Å². The van der Waals surface area contributed by atoms with E-state index >= 15 is 4.39 Å². The van der Waals surface area contributed by atoms with Crippen molar-refractivity contribution < 1.29 is 14.0 Å². The Hall–Kier alpha value is -3.10. The van der Waals surface area contributed by atoms with Crippen LogP contribution in [0.4, 0.5) is 9.52 Å². The van der Waals surface area contributed by atoms with Crippen molar-refractivity contribution in [2.24, 2.45) is 0 Å². The molecule has 1 saturated heterocycles. The van der Waals surface area contributed by atoms with Crippen LogP contribution >= 0.6 is 11.3 Å². The van der Waals surface area contributed by atoms with Crippen molar-refractivity contribution in [1.82, 2.24) is 15.2 Å². The second-order valence-corrected chi connectivity index (χ2v) is 9.52. The Balaban J connectivity index is 1.36. The van der Waals surface area contributed by atoms with Crippen LogP contribution in [0.5, 0.6) is 0 Å². The lowest BCUT2D eigenvalue weighted by molar-refractivity contribution is -0.116. The molecule has 0 saturated carbocycles. The maximum atomic E-state index is 15.0. The minimum atomic E-state index is -0.416. The van der Waals surface area contributed by atoms with E-state index in [0.717, 1.165) is 37.1 Å². The first-order chi connectivity index (χ1) is 16.0. The van der Waals surface area contributed by atoms with Crippen LogP contribution in [0, 0.1) is 12.7 Å². The minimum Gasteiger partial charge on any atom is -0.325 e. The maximum absolute atomic E-state index is 15.0. The van der Waals surface area contributed by atoms with Gasteiger partial charge in [0.1, 0.15) is 12.4 Å². The summed E-state index contributed by atoms with van der Waals surface area (Å²) >= 11 is 1.30. The molecule has 1 aromatic heterocycles. The summed E-state index contributed by atoms with van der Waals surface area (Å²) in [5.74, 6) is -0.554. The summed E-state index contributed by atoms with van der Waals surface area (Å²) in [7, 11) is 0. The van der Waals surface area contributed by atoms with Crippen molar-refractivity contribution in [3.8, 4) is 11.1 Å². The predicted octanol–water partition coefficient (Wildman–Crippen LogP) is 4.32. The third-order valence-corrected chi connectivity index (χ3v) is 7.14. The number of piperidine rings is 1. The van der Waals surface area contributed by atoms with Crippen molar-refractivity contribution in [1.29, 1.82) is 0 Å². The number of carbonyl (C=O) groups excluding carboxylic acids is 2. The molecule has 2 aromatic carbocycles. The first kappa shape index (κ1) is 21.7. The molecule has 2 amide bonds. The number of aromatic nitrogens is 1. The second-order valence-electron chi connectivity index (χ2n) is 8.63. The summed E-state index contributed by atoms with van der Waals surface area (Å²) in [5, 5.41) is 8.28. The smallest absolute Gasteiger partial charge is 0.255 e. The van der Waals surface area contributed by atoms with Crippen molar-refractivity contribution in [3.63, 3.8) is 0 Å². The number of aryl methyl sites for hydroxylation is 1. The molecule has 1 fully saturated rings. The molecule has 5 rings (SSSR count). The van der Waals surface area contributed by atoms with Gasteiger partial charge in [-0.25, -0.2) is 9.37 Å². The normalized spacial score (nSPS) is 16.2. The SMILES string of the molecule is Cc1cc(C2CCNCC2)ccc1-c1cc(F)c2c(c1)C(=O)N(CC(=O)Nc1nccs1)C2. The summed E-state index contributed by atoms with van der Waals surface area (Å²) in [5.41, 5.74) is 4.65. The number of halogens is 1. The van der Waals surface area contributed by atoms with Crippen LogP contribution in [0.15, 0.2) is 41.9 Å². The molecule has 0 radical (unpaired) electrons. The van der Waals surface area contributed by atoms with Gasteiger partial charge in [-0.2, -0.15) is 0 Å². The highest BCUT2D eigenvalue weighted by Gasteiger charge is 2.32. The average Bonchev–Trinajstić information content (AvgIpc) is 3.43. The first-order valence-corrected chi connectivity index (χ1v) is 12.0. The Kier molecular flexibility index (Phi) is 5.95. The third-order valence-electron chi connectivity index (χ3n) is 6.45. The van der Waals surface area contributed by atoms with Crippen LogP contribution in [0.1, 0.15) is 45.8 Å². The molecule has 2 aliphatic rings. The number of hydrogen-bond acceptors (Lipinski definition) is 5. The number of hydrogen-bond donors (Lipinski definition) is 2. The molecule has 170 valence electrons. The number of fused-ring (bicyclic) bond motifs is 1. The second kappa shape index (κ2) is 9.03. The Morgan fingerprint density at radius 3 is 2.79 bits per heavy atom. The van der Waals surface area contributed by atoms with E-state index in [9.17, 15) is 9.59 Å². The molecule has 3 aromatic rings. The summed E-state index contributed by atoms with van der Waals surface area (Å²) in [6, 6.07) is 9.60. The zero-order valence-electron chi connectivity index (χ0n) is 18.4. The maximum Gasteiger partial charge on any atom is 0.255 e. The summed E-state index contributed by atoms with van der Waals surface area (Å²) in [4.78, 5) is 30.7. The Morgan fingerprint density at radius 2 is 2.06 bits per heavy atom. The predicted molar refractivity (Wildman–Crippen MR) is 127 cm³/mol. The lowest BCUT2D eigenvalue weighted by Gasteiger charge is -2.23. The summed E-state index contributed by atoms with van der Waals surface area (Å²) in [6.07, 6.45) is 3.83. The number of rotatable bonds is 5. The molecule has 3 heterocycles. The van der Waals surface area contributed by atoms with Crippen molar-refractivity contribution in [2.75, 3.05) is 25.0 Å². The molecule has 6 nitrogen and oxygen atoms in total. The third kappa shape index (κ3) is 4.41. The summed E-state index contributed by atoms with van der Waals surface area (Å²) in [6.45, 7) is 4.02. The molecule has 0 atom stereocenters. The fourth-order valence-corrected chi connectivity index (χ4v) is 5.29. The quantitative estimate of drug-likeness (QED) is 0.590. The molecular formula is C25H25FN4O2S. The van der Waals surface area contributed by atoms with Gasteiger partial charge in [0.15, 0.2) is 5.13 Å². The Labute approximate surface area is 195 Å². The number of nitrogens with zero attached hydrogens (tertiary/aromatic N) is 2. The molecule has 8 heteroatoms. The molecule has 2 aliphatic heterocycles. The Morgan fingerprint density at radius 1 is 1.24 bits per heavy atom. The van der Waals surface area contributed by atoms with Gasteiger partial charge in [-0.1, -0.05) is 18.2 Å². The van der Waals surface area contributed by atoms with E-state index < -0.39 is 5.82 Å². The van der Waals surface area contributed by atoms with E-state index in [1.807, 2.05) is 13.0 Å². The highest BCUT2D eigenvalue weighted by Crippen LogP contribution is 2.34. The standard InChI is InChI=1S/C25H25FN4O2S/c1-15-10-17(16-4-6-27-7-5-16)2-3-19(15)18-11-20-21(22(26)12-18)13-30(24(20)32)14-23(31)29-25-28-8-9-33-25/h2-3,8-12,16,27H,4-7,13-14H2,1H3,(H,28,29,31). The van der Waals surface area contributed by atoms with Crippen LogP contribution in [0.3, 0.4) is 0 Å². The zero-order valence-corrected chi connectivity index (χ0v) is 19.2. The molecule has 0 spiro atoms. The van der Waals surface area contributed by atoms with E-state index in [-0.39, 0.29) is 24.9 Å². The fraction of sp³-hybridized carbons (Fsp3) is 0.320. The zero-order chi connectivity index (χ0) is 22.9. The monoisotopic (exact) mass is 464 g/mol. The topological polar surface area (TPSA) is 74.3 Å². The van der Waals surface area contributed by atoms with Gasteiger partial charge in [0.2, 0.25) is 5.91 Å². The van der Waals surface area contributed by atoms with Gasteiger partial charge < -0.3 is 15.5 Å².